The monoisotopic (exact) mass is 410 g/mol. The Bertz CT molecular complexity index is 1020. The minimum Gasteiger partial charge on any atom is -0.493 e. The van der Waals surface area contributed by atoms with Crippen LogP contribution in [0.5, 0.6) is 11.5 Å². The third kappa shape index (κ3) is 5.21. The molecule has 0 amide bonds. The number of nitrogens with zero attached hydrogens (tertiary/aromatic N) is 4. The highest BCUT2D eigenvalue weighted by Crippen LogP contribution is 2.28. The standard InChI is InChI=1S/C21H22N4O5/c1-3-4-15-5-10-19(20(11-15)29-2)30-13-18(26)12-24-14-22-21(23-24)16-6-8-17(9-7-16)25(27)28/h3,5-11,14,18,26H,1,4,12-13H2,2H3. The van der Waals surface area contributed by atoms with E-state index in [1.807, 2.05) is 18.2 Å². The number of benzene rings is 2. The van der Waals surface area contributed by atoms with E-state index < -0.39 is 11.0 Å². The smallest absolute Gasteiger partial charge is 0.269 e. The van der Waals surface area contributed by atoms with Crippen LogP contribution < -0.4 is 9.47 Å². The van der Waals surface area contributed by atoms with Crippen molar-refractivity contribution in [2.24, 2.45) is 0 Å². The highest BCUT2D eigenvalue weighted by atomic mass is 16.6. The quantitative estimate of drug-likeness (QED) is 0.310. The zero-order valence-corrected chi connectivity index (χ0v) is 16.5. The highest BCUT2D eigenvalue weighted by molar-refractivity contribution is 5.56. The molecule has 1 heterocycles. The van der Waals surface area contributed by atoms with Crippen LogP contribution in [0.25, 0.3) is 11.4 Å². The number of ether oxygens (including phenoxy) is 2. The number of methoxy groups -OCH3 is 1. The lowest BCUT2D eigenvalue weighted by Gasteiger charge is -2.15. The molecule has 2 aromatic carbocycles. The summed E-state index contributed by atoms with van der Waals surface area (Å²) in [5.74, 6) is 1.54. The molecular formula is C21H22N4O5. The van der Waals surface area contributed by atoms with Gasteiger partial charge in [-0.3, -0.25) is 10.1 Å². The van der Waals surface area contributed by atoms with E-state index in [0.717, 1.165) is 12.0 Å². The zero-order chi connectivity index (χ0) is 21.5. The maximum absolute atomic E-state index is 10.7. The summed E-state index contributed by atoms with van der Waals surface area (Å²) in [6.45, 7) is 3.94. The number of nitro groups is 1. The van der Waals surface area contributed by atoms with Gasteiger partial charge in [0.2, 0.25) is 0 Å². The van der Waals surface area contributed by atoms with Gasteiger partial charge in [0.1, 0.15) is 19.0 Å². The normalized spacial score (nSPS) is 11.7. The van der Waals surface area contributed by atoms with Crippen molar-refractivity contribution < 1.29 is 19.5 Å². The molecule has 1 unspecified atom stereocenters. The first-order valence-electron chi connectivity index (χ1n) is 9.23. The molecule has 1 aromatic heterocycles. The second-order valence-corrected chi connectivity index (χ2v) is 6.54. The molecule has 0 radical (unpaired) electrons. The molecule has 1 N–H and O–H groups in total. The lowest BCUT2D eigenvalue weighted by molar-refractivity contribution is -0.384. The van der Waals surface area contributed by atoms with Gasteiger partial charge in [-0.25, -0.2) is 9.67 Å². The van der Waals surface area contributed by atoms with E-state index in [2.05, 4.69) is 16.7 Å². The summed E-state index contributed by atoms with van der Waals surface area (Å²) in [7, 11) is 1.56. The molecule has 9 nitrogen and oxygen atoms in total. The lowest BCUT2D eigenvalue weighted by atomic mass is 10.1. The predicted molar refractivity (Wildman–Crippen MR) is 111 cm³/mol. The third-order valence-electron chi connectivity index (χ3n) is 4.31. The van der Waals surface area contributed by atoms with Crippen molar-refractivity contribution >= 4 is 5.69 Å². The van der Waals surface area contributed by atoms with E-state index in [9.17, 15) is 15.2 Å². The molecule has 0 bridgehead atoms. The van der Waals surface area contributed by atoms with E-state index in [4.69, 9.17) is 9.47 Å². The van der Waals surface area contributed by atoms with Gasteiger partial charge in [0.05, 0.1) is 18.6 Å². The molecule has 9 heteroatoms. The third-order valence-corrected chi connectivity index (χ3v) is 4.31. The fraction of sp³-hybridized carbons (Fsp3) is 0.238. The molecule has 0 spiro atoms. The van der Waals surface area contributed by atoms with Gasteiger partial charge in [-0.05, 0) is 36.2 Å². The molecule has 30 heavy (non-hydrogen) atoms. The maximum atomic E-state index is 10.7. The molecule has 0 fully saturated rings. The number of allylic oxidation sites excluding steroid dienone is 1. The van der Waals surface area contributed by atoms with Crippen LogP contribution >= 0.6 is 0 Å². The van der Waals surface area contributed by atoms with Gasteiger partial charge < -0.3 is 14.6 Å². The van der Waals surface area contributed by atoms with Crippen molar-refractivity contribution in [1.82, 2.24) is 14.8 Å². The Hall–Kier alpha value is -3.72. The number of hydrogen-bond acceptors (Lipinski definition) is 7. The van der Waals surface area contributed by atoms with Gasteiger partial charge >= 0.3 is 0 Å². The Labute approximate surface area is 173 Å². The van der Waals surface area contributed by atoms with E-state index >= 15 is 0 Å². The number of nitro benzene ring substituents is 1. The molecule has 156 valence electrons. The molecule has 0 saturated carbocycles. The second kappa shape index (κ2) is 9.66. The van der Waals surface area contributed by atoms with Crippen LogP contribution in [0.15, 0.2) is 61.4 Å². The molecule has 0 saturated heterocycles. The van der Waals surface area contributed by atoms with E-state index in [1.54, 1.807) is 25.3 Å². The highest BCUT2D eigenvalue weighted by Gasteiger charge is 2.13. The first-order chi connectivity index (χ1) is 14.5. The van der Waals surface area contributed by atoms with Gasteiger partial charge in [-0.15, -0.1) is 6.58 Å². The Kier molecular flexibility index (Phi) is 6.76. The molecule has 0 aliphatic carbocycles. The first kappa shape index (κ1) is 21.0. The van der Waals surface area contributed by atoms with Gasteiger partial charge in [-0.2, -0.15) is 5.10 Å². The summed E-state index contributed by atoms with van der Waals surface area (Å²) < 4.78 is 12.5. The van der Waals surface area contributed by atoms with E-state index in [-0.39, 0.29) is 18.8 Å². The Morgan fingerprint density at radius 3 is 2.70 bits per heavy atom. The van der Waals surface area contributed by atoms with Crippen LogP contribution in [-0.4, -0.2) is 44.6 Å². The topological polar surface area (TPSA) is 113 Å². The summed E-state index contributed by atoms with van der Waals surface area (Å²) in [6.07, 6.45) is 3.20. The van der Waals surface area contributed by atoms with Gasteiger partial charge in [-0.1, -0.05) is 12.1 Å². The van der Waals surface area contributed by atoms with Crippen molar-refractivity contribution in [2.75, 3.05) is 13.7 Å². The molecule has 1 atom stereocenters. The van der Waals surface area contributed by atoms with Gasteiger partial charge in [0.25, 0.3) is 5.69 Å². The van der Waals surface area contributed by atoms with Crippen LogP contribution in [0.3, 0.4) is 0 Å². The SMILES string of the molecule is C=CCc1ccc(OCC(O)Cn2cnc(-c3ccc([N+](=O)[O-])cc3)n2)c(OC)c1. The van der Waals surface area contributed by atoms with Crippen molar-refractivity contribution in [3.05, 3.63) is 77.1 Å². The molecule has 3 aromatic rings. The number of aliphatic hydroxyl groups excluding tert-OH is 1. The first-order valence-corrected chi connectivity index (χ1v) is 9.23. The number of aliphatic hydroxyl groups is 1. The van der Waals surface area contributed by atoms with Crippen molar-refractivity contribution in [1.29, 1.82) is 0 Å². The Morgan fingerprint density at radius 2 is 2.03 bits per heavy atom. The molecule has 0 aliphatic heterocycles. The predicted octanol–water partition coefficient (Wildman–Crippen LogP) is 3.03. The van der Waals surface area contributed by atoms with Crippen molar-refractivity contribution in [2.45, 2.75) is 19.1 Å². The minimum atomic E-state index is -0.825. The summed E-state index contributed by atoms with van der Waals surface area (Å²) >= 11 is 0. The number of rotatable bonds is 10. The van der Waals surface area contributed by atoms with Crippen LogP contribution in [-0.2, 0) is 13.0 Å². The lowest BCUT2D eigenvalue weighted by Crippen LogP contribution is -2.24. The van der Waals surface area contributed by atoms with Crippen LogP contribution in [0, 0.1) is 10.1 Å². The van der Waals surface area contributed by atoms with E-state index in [1.165, 1.54) is 23.1 Å². The Morgan fingerprint density at radius 1 is 1.27 bits per heavy atom. The zero-order valence-electron chi connectivity index (χ0n) is 16.5. The van der Waals surface area contributed by atoms with Gasteiger partial charge in [0.15, 0.2) is 17.3 Å². The summed E-state index contributed by atoms with van der Waals surface area (Å²) in [5, 5.41) is 25.3. The minimum absolute atomic E-state index is 0.00120. The fourth-order valence-corrected chi connectivity index (χ4v) is 2.83. The summed E-state index contributed by atoms with van der Waals surface area (Å²) in [5.41, 5.74) is 1.70. The van der Waals surface area contributed by atoms with Crippen LogP contribution in [0.4, 0.5) is 5.69 Å². The largest absolute Gasteiger partial charge is 0.493 e. The molecular weight excluding hydrogens is 388 g/mol. The van der Waals surface area contributed by atoms with Crippen molar-refractivity contribution in [3.63, 3.8) is 0 Å². The van der Waals surface area contributed by atoms with Crippen molar-refractivity contribution in [3.8, 4) is 22.9 Å². The summed E-state index contributed by atoms with van der Waals surface area (Å²) in [6, 6.07) is 11.5. The number of aromatic nitrogens is 3. The summed E-state index contributed by atoms with van der Waals surface area (Å²) in [4.78, 5) is 14.5. The molecule has 3 rings (SSSR count). The second-order valence-electron chi connectivity index (χ2n) is 6.54. The van der Waals surface area contributed by atoms with E-state index in [0.29, 0.717) is 22.9 Å². The maximum Gasteiger partial charge on any atom is 0.269 e. The average Bonchev–Trinajstić information content (AvgIpc) is 3.21. The fourth-order valence-electron chi connectivity index (χ4n) is 2.83. The molecule has 0 aliphatic rings. The van der Waals surface area contributed by atoms with Gasteiger partial charge in [0, 0.05) is 17.7 Å². The number of hydrogen-bond donors (Lipinski definition) is 1. The van der Waals surface area contributed by atoms with Crippen LogP contribution in [0.1, 0.15) is 5.56 Å². The van der Waals surface area contributed by atoms with Crippen LogP contribution in [0.2, 0.25) is 0 Å². The Balaban J connectivity index is 1.58. The number of non-ortho nitro benzene ring substituents is 1. The average molecular weight is 410 g/mol.